The minimum absolute atomic E-state index is 0. The number of hydrogen-bond donors (Lipinski definition) is 6. The molecule has 15 heteroatoms. The third kappa shape index (κ3) is 48.9. The molecule has 0 aliphatic heterocycles. The number of Topliss-reactive ketones (excluding diaryl/α,β-unsaturated/α-hetero) is 1. The van der Waals surface area contributed by atoms with Crippen LogP contribution in [0.15, 0.2) is 516 Å². The zero-order chi connectivity index (χ0) is 106. The Hall–Kier alpha value is -14.4. The van der Waals surface area contributed by atoms with Crippen molar-refractivity contribution in [3.05, 3.63) is 570 Å². The topological polar surface area (TPSA) is 196 Å². The van der Waals surface area contributed by atoms with E-state index in [1.54, 1.807) is 36.4 Å². The van der Waals surface area contributed by atoms with Crippen LogP contribution in [-0.2, 0) is 26.8 Å². The summed E-state index contributed by atoms with van der Waals surface area (Å²) in [5.41, 5.74) is 28.3. The summed E-state index contributed by atoms with van der Waals surface area (Å²) < 4.78 is 0.988. The number of hydrogen-bond acceptors (Lipinski definition) is 7. The fraction of sp³-hybridized carbons (Fsp3) is 0.114. The summed E-state index contributed by atoms with van der Waals surface area (Å²) in [6.45, 7) is 25.8. The summed E-state index contributed by atoms with van der Waals surface area (Å²) in [4.78, 5) is 33.5. The minimum atomic E-state index is -0.951. The van der Waals surface area contributed by atoms with Crippen molar-refractivity contribution in [2.24, 2.45) is 17.2 Å². The van der Waals surface area contributed by atoms with Crippen LogP contribution < -0.4 is 86.6 Å². The van der Waals surface area contributed by atoms with Crippen molar-refractivity contribution < 1.29 is 49.3 Å². The van der Waals surface area contributed by atoms with Crippen molar-refractivity contribution >= 4 is 141 Å². The second-order valence-corrected chi connectivity index (χ2v) is 39.3. The van der Waals surface area contributed by atoms with E-state index in [-0.39, 0.29) is 43.5 Å². The molecular formula is C132H147IN4O5P4Pd. The van der Waals surface area contributed by atoms with Crippen molar-refractivity contribution in [2.75, 3.05) is 5.73 Å². The number of halogens is 1. The normalized spacial score (nSPS) is 9.50. The molecule has 17 aromatic rings. The third-order valence-electron chi connectivity index (χ3n) is 19.6. The molecule has 0 spiro atoms. The van der Waals surface area contributed by atoms with E-state index in [1.165, 1.54) is 94.4 Å². The van der Waals surface area contributed by atoms with E-state index in [2.05, 4.69) is 416 Å². The maximum atomic E-state index is 12.3. The number of benzene rings is 17. The maximum Gasteiger partial charge on any atom is 0.335 e. The molecule has 147 heavy (non-hydrogen) atoms. The van der Waals surface area contributed by atoms with Gasteiger partial charge < -0.3 is 33.1 Å². The Balaban J connectivity index is 0. The first-order valence-electron chi connectivity index (χ1n) is 48.3. The number of carbonyl (C=O) groups excluding carboxylic acids is 1. The van der Waals surface area contributed by atoms with Crippen LogP contribution in [0, 0.1) is 60.4 Å². The van der Waals surface area contributed by atoms with Gasteiger partial charge in [-0.1, -0.05) is 543 Å². The molecule has 0 aliphatic rings. The van der Waals surface area contributed by atoms with Crippen molar-refractivity contribution in [1.29, 1.82) is 0 Å². The van der Waals surface area contributed by atoms with E-state index >= 15 is 0 Å². The van der Waals surface area contributed by atoms with Crippen LogP contribution in [0.25, 0.3) is 0 Å². The number of anilines is 1. The number of rotatable bonds is 17. The summed E-state index contributed by atoms with van der Waals surface area (Å²) >= 11 is 2.12. The number of ketones is 1. The molecule has 9 nitrogen and oxygen atoms in total. The molecule has 0 radical (unpaired) electrons. The predicted octanol–water partition coefficient (Wildman–Crippen LogP) is 28.7. The summed E-state index contributed by atoms with van der Waals surface area (Å²) in [5, 5.41) is 34.2. The molecule has 0 aliphatic carbocycles. The molecule has 0 saturated heterocycles. The van der Waals surface area contributed by atoms with E-state index in [4.69, 9.17) is 39.6 Å². The molecule has 0 unspecified atom stereocenters. The Morgan fingerprint density at radius 2 is 0.483 bits per heavy atom. The molecule has 0 aromatic heterocycles. The molecule has 0 bridgehead atoms. The largest absolute Gasteiger partial charge is 0.478 e. The zero-order valence-electron chi connectivity index (χ0n) is 85.8. The minimum Gasteiger partial charge on any atom is -0.478 e. The van der Waals surface area contributed by atoms with Crippen molar-refractivity contribution in [3.8, 4) is 36.0 Å². The van der Waals surface area contributed by atoms with Crippen LogP contribution in [-0.4, -0.2) is 27.9 Å². The Bertz CT molecular complexity index is 5810. The fourth-order valence-electron chi connectivity index (χ4n) is 13.0. The van der Waals surface area contributed by atoms with Gasteiger partial charge in [0.15, 0.2) is 5.78 Å². The van der Waals surface area contributed by atoms with Gasteiger partial charge in [-0.15, -0.1) is 6.42 Å². The first kappa shape index (κ1) is 129. The van der Waals surface area contributed by atoms with Crippen molar-refractivity contribution in [2.45, 2.75) is 104 Å². The van der Waals surface area contributed by atoms with E-state index in [0.29, 0.717) is 23.1 Å². The van der Waals surface area contributed by atoms with E-state index < -0.39 is 43.6 Å². The maximum absolute atomic E-state index is 12.3. The van der Waals surface area contributed by atoms with Crippen LogP contribution in [0.5, 0.6) is 0 Å². The number of carboxylic acid groups (broad SMARTS) is 2. The number of nitrogens with two attached hydrogens (primary N) is 4. The Morgan fingerprint density at radius 1 is 0.293 bits per heavy atom. The van der Waals surface area contributed by atoms with Crippen LogP contribution in [0.2, 0.25) is 0 Å². The average Bonchev–Trinajstić information content (AvgIpc) is 0.826. The van der Waals surface area contributed by atoms with Gasteiger partial charge in [0.1, 0.15) is 0 Å². The van der Waals surface area contributed by atoms with E-state index in [9.17, 15) is 14.4 Å². The number of terminal acetylenes is 1. The third-order valence-corrected chi connectivity index (χ3v) is 30.5. The van der Waals surface area contributed by atoms with Gasteiger partial charge in [0.2, 0.25) is 0 Å². The second-order valence-electron chi connectivity index (χ2n) is 29.3. The summed E-state index contributed by atoms with van der Waals surface area (Å²) in [6.07, 6.45) is 13.7. The smallest absolute Gasteiger partial charge is 0.335 e. The number of carbonyl (C=O) groups is 3. The van der Waals surface area contributed by atoms with Gasteiger partial charge in [0.05, 0.1) is 11.1 Å². The van der Waals surface area contributed by atoms with E-state index in [0.717, 1.165) is 37.1 Å². The van der Waals surface area contributed by atoms with Gasteiger partial charge >= 0.3 is 11.9 Å². The van der Waals surface area contributed by atoms with Crippen molar-refractivity contribution in [3.63, 3.8) is 0 Å². The predicted molar refractivity (Wildman–Crippen MR) is 658 cm³/mol. The molecule has 0 fully saturated rings. The summed E-state index contributed by atoms with van der Waals surface area (Å²) in [6, 6.07) is 164. The van der Waals surface area contributed by atoms with Gasteiger partial charge in [-0.2, -0.15) is 0 Å². The number of aryl methyl sites for hydroxylation is 3. The Morgan fingerprint density at radius 3 is 0.667 bits per heavy atom. The van der Waals surface area contributed by atoms with Crippen LogP contribution >= 0.6 is 54.3 Å². The number of allylic oxidation sites excluding steroid dienone is 3. The number of nitrogen functional groups attached to an aromatic ring is 1. The van der Waals surface area contributed by atoms with E-state index in [1.807, 2.05) is 175 Å². The average molecular weight is 2230 g/mol. The Labute approximate surface area is 915 Å². The first-order chi connectivity index (χ1) is 71.1. The quantitative estimate of drug-likeness (QED) is 0.0128. The van der Waals surface area contributed by atoms with Gasteiger partial charge in [-0.25, -0.2) is 9.59 Å². The second kappa shape index (κ2) is 80.8. The van der Waals surface area contributed by atoms with Crippen molar-refractivity contribution in [1.82, 2.24) is 0 Å². The van der Waals surface area contributed by atoms with Gasteiger partial charge in [-0.05, 0) is 203 Å². The first-order valence-corrected chi connectivity index (χ1v) is 54.7. The molecular weight excluding hydrogens is 2080 g/mol. The van der Waals surface area contributed by atoms with Gasteiger partial charge in [0.25, 0.3) is 0 Å². The van der Waals surface area contributed by atoms with Crippen LogP contribution in [0.1, 0.15) is 145 Å². The molecule has 762 valence electrons. The summed E-state index contributed by atoms with van der Waals surface area (Å²) in [5.74, 6) is 11.9. The van der Waals surface area contributed by atoms with Crippen LogP contribution in [0.3, 0.4) is 0 Å². The molecule has 0 amide bonds. The molecule has 17 aromatic carbocycles. The standard InChI is InChI=1S/C19H17NO.4C18H15P.C12H11NO2.C8H7IO2.C6H7N.C4H5N.5C2H6.CH4.Pd.3H2/c1-15-10-11-18(14-17(15)9-5-6-12-20)19(21)13-16-7-3-2-4-8-16;4*1-4-10-16(11-5-1)19(17-12-6-2-7-13-17)18-14-8-3-9-15-18;1-9-5-6-11(12(14)15)8-10(9)4-2-3-7-13;1-5-2-3-6(8(10)11)4-7(5)9;7-6-4-2-1-3-5-6;1-2-3-4-5;5*1-2;;;;;/h2-4,6-8,10-12,14H,13,20H2,1H3;4*1-15H;3,5-8H,13H2,1H3,(H,14,15);2-4H,1H3,(H,10,11);1-5H,7H2;1,3-4H,5H2;5*1-2H3;1H4;;3*1H/b12-6+;;;;;7-3+;;;4-3+;;;;;;;;;;/i;;;;;;;;;;;;;;;;3*1+2. The molecule has 0 atom stereocenters. The van der Waals surface area contributed by atoms with Crippen LogP contribution in [0.4, 0.5) is 5.69 Å². The number of para-hydroxylation sites is 1. The molecule has 10 N–H and O–H groups in total. The Kier molecular flexibility index (Phi) is 70.7. The zero-order valence-corrected chi connectivity index (χ0v) is 93.1. The summed E-state index contributed by atoms with van der Waals surface area (Å²) in [7, 11) is -1.78. The molecule has 17 rings (SSSR count). The number of carboxylic acids is 2. The monoisotopic (exact) mass is 2230 g/mol. The molecule has 0 heterocycles. The van der Waals surface area contributed by atoms with Gasteiger partial charge in [-0.3, -0.25) is 4.79 Å². The van der Waals surface area contributed by atoms with Gasteiger partial charge in [0, 0.05) is 93.9 Å². The number of aromatic carboxylic acids is 2. The molecule has 0 saturated carbocycles. The fourth-order valence-corrected chi connectivity index (χ4v) is 22.7. The SMILES string of the molecule is C.C#C/C=C/N.CC.CC.CC.CC.CC.Cc1ccc(C(=O)Cc2ccccc2)cc1C#C/C=C/N.Cc1ccc(C(=O)O)cc1C#C/C=C/N.Cc1ccc(C(=O)O)cc1I.Nc1ccccc1.[3HH].[3HH].[3HH].[Pd].c1ccc(P(c2ccccc2)c2ccccc2)cc1.c1ccc(P(c2ccccc2)c2ccccc2)cc1.c1ccc(P(c2ccccc2)c2ccccc2)cc1.c1ccc(P(c2ccccc2)c2ccccc2)cc1.